The first kappa shape index (κ1) is 14.5. The topological polar surface area (TPSA) is 69.6 Å². The number of nitrogens with zero attached hydrogens (tertiary/aromatic N) is 1. The van der Waals surface area contributed by atoms with Crippen molar-refractivity contribution in [3.8, 4) is 0 Å². The highest BCUT2D eigenvalue weighted by molar-refractivity contribution is 5.91. The quantitative estimate of drug-likeness (QED) is 0.858. The van der Waals surface area contributed by atoms with E-state index in [1.165, 1.54) is 4.90 Å². The zero-order valence-corrected chi connectivity index (χ0v) is 11.8. The van der Waals surface area contributed by atoms with Gasteiger partial charge in [-0.05, 0) is 19.4 Å². The summed E-state index contributed by atoms with van der Waals surface area (Å²) in [5.74, 6) is -1.10. The van der Waals surface area contributed by atoms with E-state index in [9.17, 15) is 14.7 Å². The number of amides is 1. The van der Waals surface area contributed by atoms with Crippen LogP contribution in [-0.4, -0.2) is 47.6 Å². The molecule has 1 fully saturated rings. The van der Waals surface area contributed by atoms with Gasteiger partial charge in [0, 0.05) is 19.6 Å². The number of rotatable bonds is 3. The van der Waals surface area contributed by atoms with Crippen LogP contribution in [0.3, 0.4) is 0 Å². The number of carboxylic acid groups (broad SMARTS) is 1. The highest BCUT2D eigenvalue weighted by atomic mass is 16.4. The van der Waals surface area contributed by atoms with E-state index in [1.54, 1.807) is 0 Å². The molecule has 1 aromatic rings. The summed E-state index contributed by atoms with van der Waals surface area (Å²) in [4.78, 5) is 25.5. The van der Waals surface area contributed by atoms with Crippen LogP contribution in [0.5, 0.6) is 0 Å². The SMILES string of the molecule is CC(C)(C(=O)N1CCNCC1C(=O)O)c1ccccc1. The summed E-state index contributed by atoms with van der Waals surface area (Å²) in [6.45, 7) is 5.02. The lowest BCUT2D eigenvalue weighted by Gasteiger charge is -2.38. The van der Waals surface area contributed by atoms with Crippen LogP contribution in [0.4, 0.5) is 0 Å². The molecule has 5 heteroatoms. The van der Waals surface area contributed by atoms with E-state index in [0.29, 0.717) is 19.6 Å². The molecular formula is C15H20N2O3. The highest BCUT2D eigenvalue weighted by Gasteiger charge is 2.40. The van der Waals surface area contributed by atoms with Crippen LogP contribution in [0.1, 0.15) is 19.4 Å². The Morgan fingerprint density at radius 2 is 1.95 bits per heavy atom. The molecule has 5 nitrogen and oxygen atoms in total. The Kier molecular flexibility index (Phi) is 4.09. The van der Waals surface area contributed by atoms with Gasteiger partial charge in [0.15, 0.2) is 0 Å². The Labute approximate surface area is 118 Å². The third-order valence-electron chi connectivity index (χ3n) is 3.82. The minimum absolute atomic E-state index is 0.141. The molecule has 0 radical (unpaired) electrons. The van der Waals surface area contributed by atoms with Crippen molar-refractivity contribution in [2.24, 2.45) is 0 Å². The van der Waals surface area contributed by atoms with Gasteiger partial charge in [-0.15, -0.1) is 0 Å². The molecule has 2 N–H and O–H groups in total. The van der Waals surface area contributed by atoms with Crippen molar-refractivity contribution in [2.45, 2.75) is 25.3 Å². The molecule has 0 saturated carbocycles. The van der Waals surface area contributed by atoms with Crippen molar-refractivity contribution >= 4 is 11.9 Å². The van der Waals surface area contributed by atoms with Gasteiger partial charge in [0.25, 0.3) is 0 Å². The third kappa shape index (κ3) is 2.67. The van der Waals surface area contributed by atoms with E-state index < -0.39 is 17.4 Å². The molecule has 0 aromatic heterocycles. The van der Waals surface area contributed by atoms with E-state index in [2.05, 4.69) is 5.32 Å². The minimum atomic E-state index is -0.964. The molecular weight excluding hydrogens is 256 g/mol. The summed E-state index contributed by atoms with van der Waals surface area (Å²) in [7, 11) is 0. The van der Waals surface area contributed by atoms with Crippen LogP contribution < -0.4 is 5.32 Å². The van der Waals surface area contributed by atoms with Gasteiger partial charge in [-0.25, -0.2) is 4.79 Å². The predicted molar refractivity (Wildman–Crippen MR) is 75.5 cm³/mol. The van der Waals surface area contributed by atoms with Gasteiger partial charge in [0.05, 0.1) is 5.41 Å². The molecule has 0 bridgehead atoms. The summed E-state index contributed by atoms with van der Waals surface area (Å²) >= 11 is 0. The van der Waals surface area contributed by atoms with Crippen molar-refractivity contribution in [2.75, 3.05) is 19.6 Å². The van der Waals surface area contributed by atoms with Crippen molar-refractivity contribution in [3.05, 3.63) is 35.9 Å². The fourth-order valence-electron chi connectivity index (χ4n) is 2.51. The molecule has 20 heavy (non-hydrogen) atoms. The van der Waals surface area contributed by atoms with E-state index in [1.807, 2.05) is 44.2 Å². The van der Waals surface area contributed by atoms with Crippen molar-refractivity contribution in [3.63, 3.8) is 0 Å². The summed E-state index contributed by atoms with van der Waals surface area (Å²) < 4.78 is 0. The first-order valence-corrected chi connectivity index (χ1v) is 6.74. The first-order valence-electron chi connectivity index (χ1n) is 6.74. The van der Waals surface area contributed by atoms with Crippen LogP contribution in [0.15, 0.2) is 30.3 Å². The number of hydrogen-bond donors (Lipinski definition) is 2. The van der Waals surface area contributed by atoms with Crippen molar-refractivity contribution in [1.29, 1.82) is 0 Å². The van der Waals surface area contributed by atoms with Crippen LogP contribution in [0.25, 0.3) is 0 Å². The van der Waals surface area contributed by atoms with Gasteiger partial charge in [-0.3, -0.25) is 4.79 Å². The second kappa shape index (κ2) is 5.63. The molecule has 1 atom stereocenters. The first-order chi connectivity index (χ1) is 9.44. The Morgan fingerprint density at radius 3 is 2.55 bits per heavy atom. The third-order valence-corrected chi connectivity index (χ3v) is 3.82. The van der Waals surface area contributed by atoms with Gasteiger partial charge < -0.3 is 15.3 Å². The zero-order valence-electron chi connectivity index (χ0n) is 11.8. The molecule has 1 aliphatic heterocycles. The van der Waals surface area contributed by atoms with Crippen molar-refractivity contribution < 1.29 is 14.7 Å². The number of carboxylic acids is 1. The normalized spacial score (nSPS) is 19.7. The predicted octanol–water partition coefficient (Wildman–Crippen LogP) is 0.849. The number of carbonyl (C=O) groups excluding carboxylic acids is 1. The Morgan fingerprint density at radius 1 is 1.30 bits per heavy atom. The van der Waals surface area contributed by atoms with E-state index >= 15 is 0 Å². The van der Waals surface area contributed by atoms with Gasteiger partial charge in [-0.2, -0.15) is 0 Å². The van der Waals surface area contributed by atoms with Crippen LogP contribution in [-0.2, 0) is 15.0 Å². The molecule has 1 saturated heterocycles. The van der Waals surface area contributed by atoms with Crippen LogP contribution in [0, 0.1) is 0 Å². The lowest BCUT2D eigenvalue weighted by atomic mass is 9.82. The summed E-state index contributed by atoms with van der Waals surface area (Å²) in [6, 6.07) is 8.67. The maximum atomic E-state index is 12.8. The van der Waals surface area contributed by atoms with Crippen molar-refractivity contribution in [1.82, 2.24) is 10.2 Å². The second-order valence-electron chi connectivity index (χ2n) is 5.55. The average molecular weight is 276 g/mol. The molecule has 0 spiro atoms. The minimum Gasteiger partial charge on any atom is -0.480 e. The number of aliphatic carboxylic acids is 1. The molecule has 1 aromatic carbocycles. The molecule has 1 amide bonds. The summed E-state index contributed by atoms with van der Waals surface area (Å²) in [6.07, 6.45) is 0. The Hall–Kier alpha value is -1.88. The van der Waals surface area contributed by atoms with Gasteiger partial charge in [-0.1, -0.05) is 30.3 Å². The fourth-order valence-corrected chi connectivity index (χ4v) is 2.51. The second-order valence-corrected chi connectivity index (χ2v) is 5.55. The Bertz CT molecular complexity index is 499. The highest BCUT2D eigenvalue weighted by Crippen LogP contribution is 2.26. The zero-order chi connectivity index (χ0) is 14.8. The number of hydrogen-bond acceptors (Lipinski definition) is 3. The molecule has 2 rings (SSSR count). The van der Waals surface area contributed by atoms with E-state index in [-0.39, 0.29) is 5.91 Å². The maximum absolute atomic E-state index is 12.8. The monoisotopic (exact) mass is 276 g/mol. The largest absolute Gasteiger partial charge is 0.480 e. The van der Waals surface area contributed by atoms with Gasteiger partial charge >= 0.3 is 5.97 Å². The standard InChI is InChI=1S/C15H20N2O3/c1-15(2,11-6-4-3-5-7-11)14(20)17-9-8-16-10-12(17)13(18)19/h3-7,12,16H,8-10H2,1-2H3,(H,18,19). The van der Waals surface area contributed by atoms with E-state index in [0.717, 1.165) is 5.56 Å². The lowest BCUT2D eigenvalue weighted by Crippen LogP contribution is -2.60. The maximum Gasteiger partial charge on any atom is 0.327 e. The lowest BCUT2D eigenvalue weighted by molar-refractivity contribution is -0.153. The molecule has 1 heterocycles. The molecule has 0 aliphatic carbocycles. The number of carbonyl (C=O) groups is 2. The van der Waals surface area contributed by atoms with Gasteiger partial charge in [0.1, 0.15) is 6.04 Å². The number of benzene rings is 1. The van der Waals surface area contributed by atoms with Crippen LogP contribution in [0.2, 0.25) is 0 Å². The smallest absolute Gasteiger partial charge is 0.327 e. The number of piperazine rings is 1. The average Bonchev–Trinajstić information content (AvgIpc) is 2.47. The molecule has 108 valence electrons. The fraction of sp³-hybridized carbons (Fsp3) is 0.467. The van der Waals surface area contributed by atoms with Crippen LogP contribution >= 0.6 is 0 Å². The number of nitrogens with one attached hydrogen (secondary N) is 1. The summed E-state index contributed by atoms with van der Waals surface area (Å²) in [5.41, 5.74) is 0.166. The molecule has 1 aliphatic rings. The summed E-state index contributed by atoms with van der Waals surface area (Å²) in [5, 5.41) is 12.3. The molecule has 1 unspecified atom stereocenters. The van der Waals surface area contributed by atoms with E-state index in [4.69, 9.17) is 0 Å². The Balaban J connectivity index is 2.27. The van der Waals surface area contributed by atoms with Gasteiger partial charge in [0.2, 0.25) is 5.91 Å².